The van der Waals surface area contributed by atoms with E-state index in [9.17, 15) is 30.0 Å². The van der Waals surface area contributed by atoms with Crippen LogP contribution in [0.3, 0.4) is 0 Å². The summed E-state index contributed by atoms with van der Waals surface area (Å²) in [6, 6.07) is 17.2. The van der Waals surface area contributed by atoms with Crippen molar-refractivity contribution in [2.75, 3.05) is 29.9 Å². The summed E-state index contributed by atoms with van der Waals surface area (Å²) in [5.41, 5.74) is 3.22. The number of benzene rings is 2. The Hall–Kier alpha value is -5.73. The van der Waals surface area contributed by atoms with Crippen molar-refractivity contribution >= 4 is 63.8 Å². The molecule has 2 amide bonds. The summed E-state index contributed by atoms with van der Waals surface area (Å²) in [5.74, 6) is 0.995. The number of carbonyl (C=O) groups excluding carboxylic acids is 2. The lowest BCUT2D eigenvalue weighted by Gasteiger charge is -2.34. The summed E-state index contributed by atoms with van der Waals surface area (Å²) in [4.78, 5) is 57.7. The summed E-state index contributed by atoms with van der Waals surface area (Å²) in [5, 5.41) is 56.7. The number of nitrogens with one attached hydrogen (secondary N) is 4. The van der Waals surface area contributed by atoms with Crippen molar-refractivity contribution < 1.29 is 30.0 Å². The molecule has 64 heavy (non-hydrogen) atoms. The third-order valence-corrected chi connectivity index (χ3v) is 13.3. The van der Waals surface area contributed by atoms with Gasteiger partial charge in [-0.3, -0.25) is 19.6 Å². The van der Waals surface area contributed by atoms with Crippen molar-refractivity contribution in [3.63, 3.8) is 0 Å². The Labute approximate surface area is 374 Å². The zero-order valence-corrected chi connectivity index (χ0v) is 36.3. The molecule has 8 N–H and O–H groups in total. The fourth-order valence-corrected chi connectivity index (χ4v) is 9.85. The van der Waals surface area contributed by atoms with Crippen LogP contribution in [0.1, 0.15) is 69.0 Å². The van der Waals surface area contributed by atoms with Gasteiger partial charge in [-0.2, -0.15) is 9.97 Å². The molecule has 19 nitrogen and oxygen atoms in total. The average Bonchev–Trinajstić information content (AvgIpc) is 4.15. The number of nitrogens with zero attached hydrogens (tertiary/aromatic N) is 9. The fraction of sp³-hybridized carbons (Fsp3) is 0.500. The standard InChI is InChI=1S/C44H54ClN13O6/c1-3-31(59)50-27-17-29(37(63)35(27)61)57-22-48-34-40(52-43(45)54-41(34)57)49-25-15-16-56(20-25)44-53-39(46-19-26(23-11-7-5-8-12-23)24-13-9-6-10-14-24)33-42(55-44)58(21-47-33)30-18-28(36(62)38(30)64)51-32(60)4-2/h5-14,21-22,25-30,34-38,41,61-64H,3-4,15-20H2,1-2H3,(H,50,59)(H,51,60)(H,46,53,55)(H,49,52,54)/t25-,27+,28+,29-,30-,34?,35-,36-,37+,38+,41?/m1/s1. The van der Waals surface area contributed by atoms with Crippen LogP contribution >= 0.6 is 11.6 Å². The van der Waals surface area contributed by atoms with Crippen molar-refractivity contribution in [1.82, 2.24) is 40.4 Å². The van der Waals surface area contributed by atoms with Crippen LogP contribution < -0.4 is 26.2 Å². The number of hydrogen-bond donors (Lipinski definition) is 8. The maximum atomic E-state index is 12.3. The molecule has 3 fully saturated rings. The second kappa shape index (κ2) is 18.4. The first-order valence-electron chi connectivity index (χ1n) is 22.0. The van der Waals surface area contributed by atoms with Gasteiger partial charge < -0.3 is 56.1 Å². The van der Waals surface area contributed by atoms with Crippen molar-refractivity contribution in [3.05, 3.63) is 78.1 Å². The molecular weight excluding hydrogens is 842 g/mol. The SMILES string of the molecule is CCC(=O)N[C@H]1C[C@@H](N2C=NC3C(=N[C@@H]4CCN(c5nc(NCC(c6ccccc6)c6ccccc6)c6ncn([C@@H]7C[C@H](NC(=O)CC)[C@@H](O)[C@H]7O)c6n5)C4)NC(Cl)=NC32)[C@H](O)[C@@H]1O. The first-order valence-corrected chi connectivity index (χ1v) is 22.4. The molecule has 4 aromatic rings. The molecule has 20 heteroatoms. The van der Waals surface area contributed by atoms with Gasteiger partial charge >= 0.3 is 0 Å². The van der Waals surface area contributed by atoms with Crippen LogP contribution in [0.15, 0.2) is 82.0 Å². The third kappa shape index (κ3) is 8.49. The maximum Gasteiger partial charge on any atom is 0.229 e. The molecule has 9 rings (SSSR count). The zero-order valence-electron chi connectivity index (χ0n) is 35.5. The van der Waals surface area contributed by atoms with Crippen LogP contribution in [0.25, 0.3) is 11.2 Å². The van der Waals surface area contributed by atoms with E-state index in [0.717, 1.165) is 11.1 Å². The normalized spacial score (nSPS) is 30.5. The second-order valence-electron chi connectivity index (χ2n) is 17.1. The van der Waals surface area contributed by atoms with Gasteiger partial charge in [-0.25, -0.2) is 9.98 Å². The Morgan fingerprint density at radius 1 is 0.875 bits per heavy atom. The number of carbonyl (C=O) groups is 2. The van der Waals surface area contributed by atoms with Crippen molar-refractivity contribution in [1.29, 1.82) is 0 Å². The Kier molecular flexibility index (Phi) is 12.5. The number of imidazole rings is 1. The lowest BCUT2D eigenvalue weighted by Crippen LogP contribution is -2.54. The smallest absolute Gasteiger partial charge is 0.229 e. The Balaban J connectivity index is 0.987. The van der Waals surface area contributed by atoms with Gasteiger partial charge in [0.15, 0.2) is 28.4 Å². The Morgan fingerprint density at radius 3 is 2.14 bits per heavy atom. The van der Waals surface area contributed by atoms with Crippen LogP contribution in [0, 0.1) is 0 Å². The summed E-state index contributed by atoms with van der Waals surface area (Å²) in [6.45, 7) is 4.96. The van der Waals surface area contributed by atoms with Crippen LogP contribution in [0.5, 0.6) is 0 Å². The van der Waals surface area contributed by atoms with Crippen molar-refractivity contribution in [2.24, 2.45) is 15.0 Å². The van der Waals surface area contributed by atoms with Crippen LogP contribution in [0.4, 0.5) is 11.8 Å². The van der Waals surface area contributed by atoms with E-state index in [-0.39, 0.29) is 48.3 Å². The number of aromatic nitrogens is 4. The summed E-state index contributed by atoms with van der Waals surface area (Å²) in [7, 11) is 0. The minimum absolute atomic E-state index is 0.0265. The van der Waals surface area contributed by atoms with Gasteiger partial charge in [0.1, 0.15) is 36.3 Å². The number of halogens is 1. The molecular formula is C44H54ClN13O6. The molecule has 2 aliphatic carbocycles. The van der Waals surface area contributed by atoms with Crippen molar-refractivity contribution in [3.8, 4) is 0 Å². The van der Waals surface area contributed by atoms with E-state index >= 15 is 0 Å². The number of aliphatic hydroxyl groups excluding tert-OH is 4. The number of anilines is 2. The molecule has 11 atom stereocenters. The molecule has 5 aliphatic rings. The van der Waals surface area contributed by atoms with Crippen LogP contribution in [-0.2, 0) is 9.59 Å². The van der Waals surface area contributed by atoms with Gasteiger partial charge in [-0.15, -0.1) is 0 Å². The molecule has 2 saturated carbocycles. The first-order chi connectivity index (χ1) is 31.0. The number of fused-ring (bicyclic) bond motifs is 2. The molecule has 2 aromatic carbocycles. The molecule has 2 aromatic heterocycles. The van der Waals surface area contributed by atoms with Gasteiger partial charge in [0.25, 0.3) is 0 Å². The minimum atomic E-state index is -1.19. The van der Waals surface area contributed by atoms with E-state index in [1.54, 1.807) is 36.0 Å². The van der Waals surface area contributed by atoms with E-state index in [0.29, 0.717) is 61.2 Å². The third-order valence-electron chi connectivity index (χ3n) is 13.1. The monoisotopic (exact) mass is 895 g/mol. The minimum Gasteiger partial charge on any atom is -0.388 e. The average molecular weight is 896 g/mol. The van der Waals surface area contributed by atoms with Gasteiger partial charge in [-0.1, -0.05) is 74.5 Å². The number of hydrogen-bond acceptors (Lipinski definition) is 15. The molecule has 5 heterocycles. The quantitative estimate of drug-likeness (QED) is 0.0882. The Morgan fingerprint density at radius 2 is 1.50 bits per heavy atom. The predicted molar refractivity (Wildman–Crippen MR) is 241 cm³/mol. The number of aliphatic imine (C=N–C) groups is 3. The van der Waals surface area contributed by atoms with Gasteiger partial charge in [0.05, 0.1) is 42.9 Å². The number of amidine groups is 2. The second-order valence-corrected chi connectivity index (χ2v) is 17.5. The predicted octanol–water partition coefficient (Wildman–Crippen LogP) is 1.23. The molecule has 0 radical (unpaired) electrons. The maximum absolute atomic E-state index is 12.3. The molecule has 0 bridgehead atoms. The van der Waals surface area contributed by atoms with Crippen LogP contribution in [0.2, 0.25) is 0 Å². The van der Waals surface area contributed by atoms with Gasteiger partial charge in [0.2, 0.25) is 17.8 Å². The number of amides is 2. The number of aliphatic hydroxyl groups is 4. The molecule has 3 aliphatic heterocycles. The van der Waals surface area contributed by atoms with Gasteiger partial charge in [-0.05, 0) is 42.0 Å². The van der Waals surface area contributed by atoms with E-state index < -0.39 is 60.8 Å². The highest BCUT2D eigenvalue weighted by atomic mass is 35.5. The fourth-order valence-electron chi connectivity index (χ4n) is 9.65. The largest absolute Gasteiger partial charge is 0.388 e. The molecule has 1 saturated heterocycles. The lowest BCUT2D eigenvalue weighted by molar-refractivity contribution is -0.123. The topological polar surface area (TPSA) is 250 Å². The zero-order chi connectivity index (χ0) is 44.6. The summed E-state index contributed by atoms with van der Waals surface area (Å²) >= 11 is 6.57. The van der Waals surface area contributed by atoms with E-state index in [1.165, 1.54) is 0 Å². The van der Waals surface area contributed by atoms with E-state index in [1.807, 2.05) is 41.3 Å². The van der Waals surface area contributed by atoms with Crippen LogP contribution in [-0.4, -0.2) is 155 Å². The van der Waals surface area contributed by atoms with E-state index in [2.05, 4.69) is 50.5 Å². The number of rotatable bonds is 13. The summed E-state index contributed by atoms with van der Waals surface area (Å²) in [6.07, 6.45) is -0.360. The lowest BCUT2D eigenvalue weighted by atomic mass is 9.91. The highest BCUT2D eigenvalue weighted by molar-refractivity contribution is 6.66. The highest BCUT2D eigenvalue weighted by Crippen LogP contribution is 2.37. The highest BCUT2D eigenvalue weighted by Gasteiger charge is 2.50. The molecule has 0 spiro atoms. The molecule has 2 unspecified atom stereocenters. The molecule has 338 valence electrons. The Bertz CT molecular complexity index is 2380. The summed E-state index contributed by atoms with van der Waals surface area (Å²) < 4.78 is 1.77. The van der Waals surface area contributed by atoms with E-state index in [4.69, 9.17) is 36.5 Å². The van der Waals surface area contributed by atoms with Gasteiger partial charge in [0, 0.05) is 38.4 Å². The van der Waals surface area contributed by atoms with Crippen molar-refractivity contribution in [2.45, 2.75) is 119 Å². The first kappa shape index (κ1) is 43.5.